The maximum atomic E-state index is 13.2. The number of aryl methyl sites for hydroxylation is 2. The molecule has 28 heavy (non-hydrogen) atoms. The average molecular weight is 382 g/mol. The van der Waals surface area contributed by atoms with Crippen molar-refractivity contribution in [1.82, 2.24) is 0 Å². The normalized spacial score (nSPS) is 15.7. The van der Waals surface area contributed by atoms with Crippen molar-refractivity contribution in [1.29, 1.82) is 0 Å². The Labute approximate surface area is 164 Å². The number of ketones is 1. The lowest BCUT2D eigenvalue weighted by atomic mass is 9.68. The quantitative estimate of drug-likeness (QED) is 0.781. The zero-order valence-electron chi connectivity index (χ0n) is 17.0. The summed E-state index contributed by atoms with van der Waals surface area (Å²) < 4.78 is 6.15. The Kier molecular flexibility index (Phi) is 4.96. The SMILES string of the molecule is CCC1=C(O)c2c(oc(-c3cc(C)c(O)c(C)c3)cc2=O)C(CC)(CC)C1=O. The van der Waals surface area contributed by atoms with Gasteiger partial charge in [-0.25, -0.2) is 0 Å². The van der Waals surface area contributed by atoms with Gasteiger partial charge in [0.1, 0.15) is 28.6 Å². The molecule has 1 aromatic heterocycles. The summed E-state index contributed by atoms with van der Waals surface area (Å²) >= 11 is 0. The third-order valence-electron chi connectivity index (χ3n) is 5.95. The fourth-order valence-electron chi connectivity index (χ4n) is 4.17. The maximum absolute atomic E-state index is 13.2. The second-order valence-corrected chi connectivity index (χ2v) is 7.44. The standard InChI is InChI=1S/C23H26O5/c1-6-15-20(26)18-16(24)11-17(14-9-12(4)19(25)13(5)10-14)28-22(18)23(7-2,8-3)21(15)27/h9-11,25-26H,6-8H2,1-5H3. The monoisotopic (exact) mass is 382 g/mol. The van der Waals surface area contributed by atoms with Gasteiger partial charge < -0.3 is 14.6 Å². The molecule has 2 aromatic rings. The van der Waals surface area contributed by atoms with Gasteiger partial charge in [-0.1, -0.05) is 20.8 Å². The van der Waals surface area contributed by atoms with Gasteiger partial charge in [0.15, 0.2) is 11.2 Å². The van der Waals surface area contributed by atoms with Crippen LogP contribution in [0.3, 0.4) is 0 Å². The highest BCUT2D eigenvalue weighted by atomic mass is 16.3. The lowest BCUT2D eigenvalue weighted by Crippen LogP contribution is -2.41. The molecule has 2 N–H and O–H groups in total. The van der Waals surface area contributed by atoms with Gasteiger partial charge in [-0.05, 0) is 56.4 Å². The first-order valence-electron chi connectivity index (χ1n) is 9.68. The highest BCUT2D eigenvalue weighted by Gasteiger charge is 2.48. The number of fused-ring (bicyclic) bond motifs is 1. The lowest BCUT2D eigenvalue weighted by molar-refractivity contribution is -0.122. The number of allylic oxidation sites excluding steroid dienone is 1. The Morgan fingerprint density at radius 3 is 2.04 bits per heavy atom. The highest BCUT2D eigenvalue weighted by molar-refractivity contribution is 6.10. The summed E-state index contributed by atoms with van der Waals surface area (Å²) in [7, 11) is 0. The summed E-state index contributed by atoms with van der Waals surface area (Å²) in [6.45, 7) is 9.12. The van der Waals surface area contributed by atoms with Crippen LogP contribution in [-0.2, 0) is 10.2 Å². The fourth-order valence-corrected chi connectivity index (χ4v) is 4.17. The van der Waals surface area contributed by atoms with Gasteiger partial charge in [-0.2, -0.15) is 0 Å². The minimum Gasteiger partial charge on any atom is -0.507 e. The van der Waals surface area contributed by atoms with Crippen molar-refractivity contribution in [3.63, 3.8) is 0 Å². The molecule has 5 heteroatoms. The molecule has 148 valence electrons. The van der Waals surface area contributed by atoms with Crippen LogP contribution >= 0.6 is 0 Å². The second-order valence-electron chi connectivity index (χ2n) is 7.44. The number of hydrogen-bond acceptors (Lipinski definition) is 5. The molecule has 0 aliphatic heterocycles. The van der Waals surface area contributed by atoms with Crippen molar-refractivity contribution in [2.75, 3.05) is 0 Å². The minimum absolute atomic E-state index is 0.0936. The predicted molar refractivity (Wildman–Crippen MR) is 109 cm³/mol. The summed E-state index contributed by atoms with van der Waals surface area (Å²) in [5.41, 5.74) is 1.01. The van der Waals surface area contributed by atoms with Crippen LogP contribution < -0.4 is 5.43 Å². The molecule has 5 nitrogen and oxygen atoms in total. The average Bonchev–Trinajstić information content (AvgIpc) is 2.66. The number of aliphatic hydroxyl groups excluding tert-OH is 1. The van der Waals surface area contributed by atoms with E-state index in [1.807, 2.05) is 13.8 Å². The van der Waals surface area contributed by atoms with Crippen LogP contribution in [-0.4, -0.2) is 16.0 Å². The largest absolute Gasteiger partial charge is 0.507 e. The first-order chi connectivity index (χ1) is 13.2. The topological polar surface area (TPSA) is 87.7 Å². The lowest BCUT2D eigenvalue weighted by Gasteiger charge is -2.35. The van der Waals surface area contributed by atoms with Crippen molar-refractivity contribution in [2.45, 2.75) is 59.3 Å². The number of carbonyl (C=O) groups is 1. The molecule has 0 spiro atoms. The van der Waals surface area contributed by atoms with Crippen molar-refractivity contribution >= 4 is 11.5 Å². The van der Waals surface area contributed by atoms with Crippen LogP contribution in [0.15, 0.2) is 33.0 Å². The predicted octanol–water partition coefficient (Wildman–Crippen LogP) is 4.95. The molecule has 0 atom stereocenters. The Morgan fingerprint density at radius 1 is 0.964 bits per heavy atom. The van der Waals surface area contributed by atoms with Gasteiger partial charge in [0.2, 0.25) is 0 Å². The van der Waals surface area contributed by atoms with Gasteiger partial charge in [-0.3, -0.25) is 9.59 Å². The van der Waals surface area contributed by atoms with E-state index in [2.05, 4.69) is 0 Å². The second kappa shape index (κ2) is 6.97. The molecule has 0 saturated heterocycles. The van der Waals surface area contributed by atoms with Gasteiger partial charge >= 0.3 is 0 Å². The van der Waals surface area contributed by atoms with Crippen molar-refractivity contribution in [3.05, 3.63) is 56.4 Å². The number of rotatable bonds is 4. The maximum Gasteiger partial charge on any atom is 0.196 e. The number of phenolic OH excluding ortho intramolecular Hbond substituents is 1. The van der Waals surface area contributed by atoms with E-state index in [9.17, 15) is 19.8 Å². The summed E-state index contributed by atoms with van der Waals surface area (Å²) in [5, 5.41) is 20.7. The number of aromatic hydroxyl groups is 1. The molecule has 0 radical (unpaired) electrons. The van der Waals surface area contributed by atoms with Gasteiger partial charge in [-0.15, -0.1) is 0 Å². The molecule has 0 bridgehead atoms. The molecule has 3 rings (SSSR count). The number of aliphatic hydroxyl groups is 1. The molecule has 1 aliphatic rings. The van der Waals surface area contributed by atoms with E-state index in [4.69, 9.17) is 4.42 Å². The molecular weight excluding hydrogens is 356 g/mol. The molecule has 0 saturated carbocycles. The Morgan fingerprint density at radius 2 is 1.54 bits per heavy atom. The van der Waals surface area contributed by atoms with Gasteiger partial charge in [0.05, 0.1) is 5.41 Å². The van der Waals surface area contributed by atoms with E-state index in [1.54, 1.807) is 32.9 Å². The molecular formula is C23H26O5. The summed E-state index contributed by atoms with van der Waals surface area (Å²) in [6.07, 6.45) is 1.28. The Bertz CT molecular complexity index is 1030. The zero-order chi connectivity index (χ0) is 20.8. The van der Waals surface area contributed by atoms with E-state index in [-0.39, 0.29) is 39.6 Å². The van der Waals surface area contributed by atoms with Crippen LogP contribution in [0.25, 0.3) is 17.1 Å². The Balaban J connectivity index is 2.38. The van der Waals surface area contributed by atoms with Gasteiger partial charge in [0, 0.05) is 17.2 Å². The first-order valence-corrected chi connectivity index (χ1v) is 9.68. The molecule has 0 unspecified atom stereocenters. The molecule has 0 fully saturated rings. The highest BCUT2D eigenvalue weighted by Crippen LogP contribution is 2.45. The third-order valence-corrected chi connectivity index (χ3v) is 5.95. The first kappa shape index (κ1) is 19.9. The van der Waals surface area contributed by atoms with Crippen molar-refractivity contribution < 1.29 is 19.4 Å². The number of carbonyl (C=O) groups excluding carboxylic acids is 1. The number of benzene rings is 1. The van der Waals surface area contributed by atoms with Crippen LogP contribution in [0.1, 0.15) is 62.5 Å². The summed E-state index contributed by atoms with van der Waals surface area (Å²) in [4.78, 5) is 26.2. The number of phenols is 1. The molecule has 1 heterocycles. The fraction of sp³-hybridized carbons (Fsp3) is 0.391. The third kappa shape index (κ3) is 2.68. The molecule has 1 aliphatic carbocycles. The van der Waals surface area contributed by atoms with Crippen LogP contribution in [0.2, 0.25) is 0 Å². The van der Waals surface area contributed by atoms with Crippen LogP contribution in [0, 0.1) is 13.8 Å². The summed E-state index contributed by atoms with van der Waals surface area (Å²) in [5.74, 6) is 0.315. The van der Waals surface area contributed by atoms with Crippen LogP contribution in [0.5, 0.6) is 5.75 Å². The van der Waals surface area contributed by atoms with Crippen LogP contribution in [0.4, 0.5) is 0 Å². The molecule has 1 aromatic carbocycles. The smallest absolute Gasteiger partial charge is 0.196 e. The van der Waals surface area contributed by atoms with Crippen molar-refractivity contribution in [3.8, 4) is 17.1 Å². The number of hydrogen-bond donors (Lipinski definition) is 2. The van der Waals surface area contributed by atoms with Crippen molar-refractivity contribution in [2.24, 2.45) is 0 Å². The van der Waals surface area contributed by atoms with Gasteiger partial charge in [0.25, 0.3) is 0 Å². The van der Waals surface area contributed by atoms with E-state index >= 15 is 0 Å². The van der Waals surface area contributed by atoms with E-state index in [0.29, 0.717) is 41.7 Å². The van der Waals surface area contributed by atoms with E-state index in [1.165, 1.54) is 6.07 Å². The minimum atomic E-state index is -0.969. The number of Topliss-reactive ketones (excluding diaryl/α,β-unsaturated/α-hetero) is 1. The zero-order valence-corrected chi connectivity index (χ0v) is 17.0. The molecule has 0 amide bonds. The summed E-state index contributed by atoms with van der Waals surface area (Å²) in [6, 6.07) is 4.83. The van der Waals surface area contributed by atoms with E-state index in [0.717, 1.165) is 0 Å². The van der Waals surface area contributed by atoms with E-state index < -0.39 is 5.41 Å². The Hall–Kier alpha value is -2.82.